The van der Waals surface area contributed by atoms with E-state index in [0.717, 1.165) is 56.6 Å². The number of urea groups is 1. The van der Waals surface area contributed by atoms with Crippen molar-refractivity contribution in [3.8, 4) is 5.75 Å². The maximum Gasteiger partial charge on any atom is 0.320 e. The predicted molar refractivity (Wildman–Crippen MR) is 106 cm³/mol. The van der Waals surface area contributed by atoms with Gasteiger partial charge >= 0.3 is 6.03 Å². The van der Waals surface area contributed by atoms with Gasteiger partial charge in [-0.1, -0.05) is 12.1 Å². The second kappa shape index (κ2) is 7.99. The Balaban J connectivity index is 1.36. The highest BCUT2D eigenvalue weighted by atomic mass is 16.3. The molecule has 2 heterocycles. The largest absolute Gasteiger partial charge is 0.508 e. The summed E-state index contributed by atoms with van der Waals surface area (Å²) in [4.78, 5) is 33.9. The second-order valence-electron chi connectivity index (χ2n) is 8.17. The second-order valence-corrected chi connectivity index (χ2v) is 8.17. The van der Waals surface area contributed by atoms with E-state index in [1.165, 1.54) is 0 Å². The summed E-state index contributed by atoms with van der Waals surface area (Å²) in [6, 6.07) is 5.61. The zero-order valence-electron chi connectivity index (χ0n) is 16.6. The number of nitrogens with zero attached hydrogens (tertiary/aromatic N) is 4. The van der Waals surface area contributed by atoms with Crippen molar-refractivity contribution in [2.45, 2.75) is 25.2 Å². The van der Waals surface area contributed by atoms with Gasteiger partial charge in [0, 0.05) is 52.4 Å². The molecule has 0 aromatic heterocycles. The van der Waals surface area contributed by atoms with Gasteiger partial charge < -0.3 is 24.7 Å². The summed E-state index contributed by atoms with van der Waals surface area (Å²) in [5, 5.41) is 10.1. The Morgan fingerprint density at radius 2 is 1.54 bits per heavy atom. The fraction of sp³-hybridized carbons (Fsp3) is 0.619. The van der Waals surface area contributed by atoms with Gasteiger partial charge in [-0.3, -0.25) is 4.79 Å². The van der Waals surface area contributed by atoms with Crippen molar-refractivity contribution in [1.29, 1.82) is 0 Å². The van der Waals surface area contributed by atoms with Crippen molar-refractivity contribution < 1.29 is 14.7 Å². The fourth-order valence-corrected chi connectivity index (χ4v) is 4.62. The minimum absolute atomic E-state index is 0.105. The van der Waals surface area contributed by atoms with E-state index in [1.54, 1.807) is 6.07 Å². The van der Waals surface area contributed by atoms with Crippen molar-refractivity contribution >= 4 is 11.9 Å². The summed E-state index contributed by atoms with van der Waals surface area (Å²) in [6.07, 6.45) is 2.58. The molecule has 1 aliphatic carbocycles. The molecule has 0 radical (unpaired) electrons. The number of fused-ring (bicyclic) bond motifs is 1. The van der Waals surface area contributed by atoms with E-state index < -0.39 is 0 Å². The molecule has 2 saturated heterocycles. The van der Waals surface area contributed by atoms with E-state index in [4.69, 9.17) is 0 Å². The molecule has 1 atom stereocenters. The Bertz CT molecular complexity index is 737. The van der Waals surface area contributed by atoms with Crippen molar-refractivity contribution in [2.24, 2.45) is 0 Å². The molecule has 0 bridgehead atoms. The highest BCUT2D eigenvalue weighted by molar-refractivity contribution is 5.85. The number of aromatic hydroxyl groups is 1. The number of carbonyl (C=O) groups is 2. The number of hydrogen-bond donors (Lipinski definition) is 1. The highest BCUT2D eigenvalue weighted by Gasteiger charge is 2.34. The van der Waals surface area contributed by atoms with Crippen LogP contribution in [0.5, 0.6) is 5.75 Å². The average Bonchev–Trinajstić information content (AvgIpc) is 2.73. The lowest BCUT2D eigenvalue weighted by Crippen LogP contribution is -2.57. The molecule has 28 heavy (non-hydrogen) atoms. The van der Waals surface area contributed by atoms with Gasteiger partial charge in [0.1, 0.15) is 5.75 Å². The third-order valence-electron chi connectivity index (χ3n) is 6.42. The van der Waals surface area contributed by atoms with Gasteiger partial charge in [-0.25, -0.2) is 4.79 Å². The molecule has 1 aromatic rings. The number of piperazine rings is 2. The Hall–Kier alpha value is -2.28. The van der Waals surface area contributed by atoms with Crippen LogP contribution < -0.4 is 0 Å². The smallest absolute Gasteiger partial charge is 0.320 e. The third-order valence-corrected chi connectivity index (χ3v) is 6.42. The van der Waals surface area contributed by atoms with Crippen LogP contribution in [0.15, 0.2) is 18.2 Å². The lowest BCUT2D eigenvalue weighted by Gasteiger charge is -2.41. The molecule has 0 spiro atoms. The molecule has 7 heteroatoms. The minimum Gasteiger partial charge on any atom is -0.508 e. The number of phenolic OH excluding ortho intramolecular Hbond substituents is 1. The van der Waals surface area contributed by atoms with Crippen molar-refractivity contribution in [1.82, 2.24) is 19.6 Å². The highest BCUT2D eigenvalue weighted by Crippen LogP contribution is 2.37. The predicted octanol–water partition coefficient (Wildman–Crippen LogP) is 1.32. The number of amides is 3. The summed E-state index contributed by atoms with van der Waals surface area (Å²) in [6.45, 7) is 5.74. The van der Waals surface area contributed by atoms with Crippen molar-refractivity contribution in [3.63, 3.8) is 0 Å². The molecule has 152 valence electrons. The van der Waals surface area contributed by atoms with E-state index in [-0.39, 0.29) is 17.9 Å². The molecule has 2 aliphatic heterocycles. The van der Waals surface area contributed by atoms with Crippen molar-refractivity contribution in [3.05, 3.63) is 29.3 Å². The summed E-state index contributed by atoms with van der Waals surface area (Å²) in [7, 11) is 2.08. The van der Waals surface area contributed by atoms with Gasteiger partial charge in [0.05, 0.1) is 5.92 Å². The molecule has 3 aliphatic rings. The lowest BCUT2D eigenvalue weighted by atomic mass is 9.81. The molecule has 1 N–H and O–H groups in total. The molecule has 7 nitrogen and oxygen atoms in total. The van der Waals surface area contributed by atoms with Crippen LogP contribution in [0.4, 0.5) is 4.79 Å². The van der Waals surface area contributed by atoms with Gasteiger partial charge in [-0.2, -0.15) is 0 Å². The lowest BCUT2D eigenvalue weighted by molar-refractivity contribution is -0.134. The number of likely N-dealkylation sites (N-methyl/N-ethyl adjacent to an activating group) is 1. The van der Waals surface area contributed by atoms with Crippen LogP contribution in [0.1, 0.15) is 29.9 Å². The first-order valence-electron chi connectivity index (χ1n) is 10.4. The molecular formula is C21H30N4O3. The monoisotopic (exact) mass is 386 g/mol. The SMILES string of the molecule is CN1CCN(C(=O)N2CCN(C(=O)C3CCCc4c(O)cccc43)CC2)CC1. The van der Waals surface area contributed by atoms with Crippen LogP contribution >= 0.6 is 0 Å². The first kappa shape index (κ1) is 19.1. The number of hydrogen-bond acceptors (Lipinski definition) is 4. The molecule has 4 rings (SSSR count). The van der Waals surface area contributed by atoms with Crippen LogP contribution in [-0.4, -0.2) is 96.1 Å². The number of carbonyl (C=O) groups excluding carboxylic acids is 2. The Kier molecular flexibility index (Phi) is 5.44. The Morgan fingerprint density at radius 1 is 0.929 bits per heavy atom. The van der Waals surface area contributed by atoms with Gasteiger partial charge in [0.2, 0.25) is 5.91 Å². The van der Waals surface area contributed by atoms with E-state index in [1.807, 2.05) is 26.8 Å². The van der Waals surface area contributed by atoms with Crippen LogP contribution in [0.3, 0.4) is 0 Å². The average molecular weight is 386 g/mol. The van der Waals surface area contributed by atoms with E-state index in [9.17, 15) is 14.7 Å². The van der Waals surface area contributed by atoms with Gasteiger partial charge in [-0.15, -0.1) is 0 Å². The van der Waals surface area contributed by atoms with E-state index >= 15 is 0 Å². The maximum atomic E-state index is 13.2. The number of rotatable bonds is 1. The Labute approximate surface area is 166 Å². The van der Waals surface area contributed by atoms with Crippen molar-refractivity contribution in [2.75, 3.05) is 59.4 Å². The molecule has 1 aromatic carbocycles. The van der Waals surface area contributed by atoms with Crippen LogP contribution in [0.2, 0.25) is 0 Å². The molecular weight excluding hydrogens is 356 g/mol. The minimum atomic E-state index is -0.171. The third kappa shape index (κ3) is 3.68. The number of phenols is 1. The number of benzene rings is 1. The summed E-state index contributed by atoms with van der Waals surface area (Å²) < 4.78 is 0. The van der Waals surface area contributed by atoms with Crippen LogP contribution in [0, 0.1) is 0 Å². The molecule has 1 unspecified atom stereocenters. The fourth-order valence-electron chi connectivity index (χ4n) is 4.62. The first-order valence-corrected chi connectivity index (χ1v) is 10.4. The Morgan fingerprint density at radius 3 is 2.21 bits per heavy atom. The first-order chi connectivity index (χ1) is 13.5. The quantitative estimate of drug-likeness (QED) is 0.791. The van der Waals surface area contributed by atoms with E-state index in [0.29, 0.717) is 31.9 Å². The topological polar surface area (TPSA) is 67.3 Å². The molecule has 0 saturated carbocycles. The van der Waals surface area contributed by atoms with E-state index in [2.05, 4.69) is 11.9 Å². The normalized spacial score (nSPS) is 23.5. The van der Waals surface area contributed by atoms with Gasteiger partial charge in [0.25, 0.3) is 0 Å². The molecule has 2 fully saturated rings. The zero-order valence-corrected chi connectivity index (χ0v) is 16.6. The zero-order chi connectivity index (χ0) is 19.7. The summed E-state index contributed by atoms with van der Waals surface area (Å²) >= 11 is 0. The molecule has 3 amide bonds. The van der Waals surface area contributed by atoms with Crippen LogP contribution in [-0.2, 0) is 11.2 Å². The standard InChI is InChI=1S/C21H30N4O3/c1-22-8-10-24(11-9-22)21(28)25-14-12-23(13-15-25)20(27)18-6-2-5-17-16(18)4-3-7-19(17)26/h3-4,7,18,26H,2,5-6,8-15H2,1H3. The van der Waals surface area contributed by atoms with Gasteiger partial charge in [-0.05, 0) is 43.5 Å². The maximum absolute atomic E-state index is 13.2. The summed E-state index contributed by atoms with van der Waals surface area (Å²) in [5.74, 6) is 0.270. The van der Waals surface area contributed by atoms with Gasteiger partial charge in [0.15, 0.2) is 0 Å². The summed E-state index contributed by atoms with van der Waals surface area (Å²) in [5.41, 5.74) is 1.91. The van der Waals surface area contributed by atoms with Crippen LogP contribution in [0.25, 0.3) is 0 Å².